The standard InChI is InChI=1S/C20H24N2O6S/c1-27-20(26)21-15-11-29-12-16(15)28-17(23)9-3-2-6-10-22-18(24)13-7-4-5-8-14(13)19(22)25/h4-5,7-8,15-16H,2-3,6,9-12H2,1H3,(H,21,26)/t15-,16+/m0/s1. The number of fused-ring (bicyclic) bond motifs is 1. The number of hydrogen-bond acceptors (Lipinski definition) is 7. The third-order valence-corrected chi connectivity index (χ3v) is 6.10. The smallest absolute Gasteiger partial charge is 0.407 e. The molecular formula is C20H24N2O6S. The summed E-state index contributed by atoms with van der Waals surface area (Å²) in [5, 5.41) is 2.68. The zero-order chi connectivity index (χ0) is 20.8. The van der Waals surface area contributed by atoms with Crippen LogP contribution in [0.5, 0.6) is 0 Å². The molecule has 2 aliphatic rings. The number of hydrogen-bond donors (Lipinski definition) is 1. The lowest BCUT2D eigenvalue weighted by molar-refractivity contribution is -0.148. The van der Waals surface area contributed by atoms with Gasteiger partial charge < -0.3 is 14.8 Å². The van der Waals surface area contributed by atoms with Crippen molar-refractivity contribution in [3.8, 4) is 0 Å². The number of nitrogens with zero attached hydrogens (tertiary/aromatic N) is 1. The molecule has 0 saturated carbocycles. The van der Waals surface area contributed by atoms with Crippen LogP contribution in [0.15, 0.2) is 24.3 Å². The lowest BCUT2D eigenvalue weighted by atomic mass is 10.1. The van der Waals surface area contributed by atoms with E-state index in [4.69, 9.17) is 4.74 Å². The molecule has 9 heteroatoms. The van der Waals surface area contributed by atoms with Gasteiger partial charge >= 0.3 is 12.1 Å². The quantitative estimate of drug-likeness (QED) is 0.391. The Balaban J connectivity index is 1.35. The van der Waals surface area contributed by atoms with E-state index in [0.29, 0.717) is 48.4 Å². The first-order valence-corrected chi connectivity index (χ1v) is 10.7. The highest BCUT2D eigenvalue weighted by atomic mass is 32.2. The number of unbranched alkanes of at least 4 members (excludes halogenated alkanes) is 2. The fourth-order valence-electron chi connectivity index (χ4n) is 3.38. The van der Waals surface area contributed by atoms with Crippen LogP contribution in [0.2, 0.25) is 0 Å². The highest BCUT2D eigenvalue weighted by molar-refractivity contribution is 7.99. The molecule has 1 saturated heterocycles. The Morgan fingerprint density at radius 1 is 1.10 bits per heavy atom. The SMILES string of the molecule is COC(=O)N[C@H]1CSC[C@H]1OC(=O)CCCCCN1C(=O)c2ccccc2C1=O. The predicted octanol–water partition coefficient (Wildman–Crippen LogP) is 2.23. The van der Waals surface area contributed by atoms with Crippen molar-refractivity contribution >= 4 is 35.6 Å². The van der Waals surface area contributed by atoms with Gasteiger partial charge in [0.25, 0.3) is 11.8 Å². The van der Waals surface area contributed by atoms with E-state index in [0.717, 1.165) is 0 Å². The molecule has 0 radical (unpaired) electrons. The average Bonchev–Trinajstić information content (AvgIpc) is 3.25. The van der Waals surface area contributed by atoms with Gasteiger partial charge in [-0.3, -0.25) is 19.3 Å². The summed E-state index contributed by atoms with van der Waals surface area (Å²) >= 11 is 1.61. The van der Waals surface area contributed by atoms with Crippen LogP contribution in [-0.4, -0.2) is 66.1 Å². The molecule has 0 aromatic heterocycles. The van der Waals surface area contributed by atoms with Crippen LogP contribution in [0.3, 0.4) is 0 Å². The van der Waals surface area contributed by atoms with E-state index in [1.165, 1.54) is 12.0 Å². The molecule has 29 heavy (non-hydrogen) atoms. The number of alkyl carbamates (subject to hydrolysis) is 1. The summed E-state index contributed by atoms with van der Waals surface area (Å²) in [6.07, 6.45) is 1.30. The van der Waals surface area contributed by atoms with Crippen LogP contribution in [0, 0.1) is 0 Å². The van der Waals surface area contributed by atoms with Gasteiger partial charge in [-0.1, -0.05) is 18.6 Å². The lowest BCUT2D eigenvalue weighted by Crippen LogP contribution is -2.44. The third-order valence-electron chi connectivity index (χ3n) is 4.94. The van der Waals surface area contributed by atoms with Gasteiger partial charge in [0.2, 0.25) is 0 Å². The summed E-state index contributed by atoms with van der Waals surface area (Å²) in [4.78, 5) is 49.3. The van der Waals surface area contributed by atoms with Crippen molar-refractivity contribution < 1.29 is 28.7 Å². The van der Waals surface area contributed by atoms with Gasteiger partial charge in [-0.2, -0.15) is 11.8 Å². The van der Waals surface area contributed by atoms with Gasteiger partial charge in [0.1, 0.15) is 6.10 Å². The number of rotatable bonds is 8. The average molecular weight is 420 g/mol. The Hall–Kier alpha value is -2.55. The predicted molar refractivity (Wildman–Crippen MR) is 107 cm³/mol. The minimum Gasteiger partial charge on any atom is -0.459 e. The Bertz CT molecular complexity index is 764. The maximum Gasteiger partial charge on any atom is 0.407 e. The maximum atomic E-state index is 12.3. The second-order valence-electron chi connectivity index (χ2n) is 6.93. The summed E-state index contributed by atoms with van der Waals surface area (Å²) < 4.78 is 10.1. The molecule has 3 rings (SSSR count). The van der Waals surface area contributed by atoms with Crippen LogP contribution in [0.1, 0.15) is 46.4 Å². The number of esters is 1. The highest BCUT2D eigenvalue weighted by Crippen LogP contribution is 2.24. The van der Waals surface area contributed by atoms with Gasteiger partial charge in [0.15, 0.2) is 0 Å². The summed E-state index contributed by atoms with van der Waals surface area (Å²) in [6, 6.07) is 6.57. The van der Waals surface area contributed by atoms with Gasteiger partial charge in [0.05, 0.1) is 24.3 Å². The molecule has 0 unspecified atom stereocenters. The normalized spacial score (nSPS) is 20.5. The first-order valence-electron chi connectivity index (χ1n) is 9.58. The topological polar surface area (TPSA) is 102 Å². The van der Waals surface area contributed by atoms with Crippen molar-refractivity contribution in [3.05, 3.63) is 35.4 Å². The number of ether oxygens (including phenoxy) is 2. The summed E-state index contributed by atoms with van der Waals surface area (Å²) in [7, 11) is 1.29. The zero-order valence-corrected chi connectivity index (χ0v) is 17.0. The second kappa shape index (κ2) is 9.78. The van der Waals surface area contributed by atoms with Crippen LogP contribution >= 0.6 is 11.8 Å². The van der Waals surface area contributed by atoms with Crippen molar-refractivity contribution in [2.45, 2.75) is 37.8 Å². The summed E-state index contributed by atoms with van der Waals surface area (Å²) in [6.45, 7) is 0.339. The molecule has 2 aliphatic heterocycles. The van der Waals surface area contributed by atoms with Gasteiger partial charge in [-0.05, 0) is 25.0 Å². The Labute approximate surface area is 173 Å². The highest BCUT2D eigenvalue weighted by Gasteiger charge is 2.34. The number of carbonyl (C=O) groups excluding carboxylic acids is 4. The van der Waals surface area contributed by atoms with Crippen molar-refractivity contribution in [1.82, 2.24) is 10.2 Å². The molecule has 156 valence electrons. The summed E-state index contributed by atoms with van der Waals surface area (Å²) in [5.41, 5.74) is 0.899. The number of carbonyl (C=O) groups is 4. The molecule has 2 atom stereocenters. The Morgan fingerprint density at radius 3 is 2.45 bits per heavy atom. The van der Waals surface area contributed by atoms with Gasteiger partial charge in [0, 0.05) is 24.5 Å². The molecule has 2 heterocycles. The van der Waals surface area contributed by atoms with Crippen molar-refractivity contribution in [2.24, 2.45) is 0 Å². The van der Waals surface area contributed by atoms with E-state index in [2.05, 4.69) is 10.1 Å². The molecular weight excluding hydrogens is 396 g/mol. The Morgan fingerprint density at radius 2 is 1.79 bits per heavy atom. The van der Waals surface area contributed by atoms with Crippen molar-refractivity contribution in [1.29, 1.82) is 0 Å². The van der Waals surface area contributed by atoms with Crippen LogP contribution < -0.4 is 5.32 Å². The van der Waals surface area contributed by atoms with Crippen LogP contribution in [0.4, 0.5) is 4.79 Å². The monoisotopic (exact) mass is 420 g/mol. The molecule has 3 amide bonds. The zero-order valence-electron chi connectivity index (χ0n) is 16.2. The molecule has 8 nitrogen and oxygen atoms in total. The molecule has 1 aromatic carbocycles. The molecule has 1 N–H and O–H groups in total. The number of imide groups is 1. The van der Waals surface area contributed by atoms with E-state index >= 15 is 0 Å². The molecule has 1 aromatic rings. The van der Waals surface area contributed by atoms with E-state index in [1.807, 2.05) is 0 Å². The van der Waals surface area contributed by atoms with Gasteiger partial charge in [-0.15, -0.1) is 0 Å². The maximum absolute atomic E-state index is 12.3. The molecule has 1 fully saturated rings. The van der Waals surface area contributed by atoms with Crippen molar-refractivity contribution in [2.75, 3.05) is 25.2 Å². The van der Waals surface area contributed by atoms with E-state index in [-0.39, 0.29) is 36.4 Å². The molecule has 0 bridgehead atoms. The first kappa shape index (κ1) is 21.2. The van der Waals surface area contributed by atoms with Crippen molar-refractivity contribution in [3.63, 3.8) is 0 Å². The molecule has 0 spiro atoms. The largest absolute Gasteiger partial charge is 0.459 e. The minimum atomic E-state index is -0.535. The number of methoxy groups -OCH3 is 1. The van der Waals surface area contributed by atoms with Crippen LogP contribution in [0.25, 0.3) is 0 Å². The number of benzene rings is 1. The fourth-order valence-corrected chi connectivity index (χ4v) is 4.60. The molecule has 0 aliphatic carbocycles. The Kier molecular flexibility index (Phi) is 7.13. The fraction of sp³-hybridized carbons (Fsp3) is 0.500. The number of nitrogens with one attached hydrogen (secondary N) is 1. The second-order valence-corrected chi connectivity index (χ2v) is 8.00. The van der Waals surface area contributed by atoms with Crippen LogP contribution in [-0.2, 0) is 14.3 Å². The van der Waals surface area contributed by atoms with E-state index < -0.39 is 6.09 Å². The number of thioether (sulfide) groups is 1. The van der Waals surface area contributed by atoms with E-state index in [9.17, 15) is 19.2 Å². The number of amides is 3. The van der Waals surface area contributed by atoms with Gasteiger partial charge in [-0.25, -0.2) is 4.79 Å². The third kappa shape index (κ3) is 5.09. The minimum absolute atomic E-state index is 0.245. The summed E-state index contributed by atoms with van der Waals surface area (Å²) in [5.74, 6) is 0.490. The lowest BCUT2D eigenvalue weighted by Gasteiger charge is -2.20. The first-order chi connectivity index (χ1) is 14.0. The van der Waals surface area contributed by atoms with E-state index in [1.54, 1.807) is 36.0 Å².